The summed E-state index contributed by atoms with van der Waals surface area (Å²) in [5.74, 6) is -0.961. The highest BCUT2D eigenvalue weighted by molar-refractivity contribution is 5.84. The third-order valence-electron chi connectivity index (χ3n) is 11.2. The highest BCUT2D eigenvalue weighted by atomic mass is 16.6. The Morgan fingerprint density at radius 3 is 2.55 bits per heavy atom. The number of likely N-dealkylation sites (tertiary alicyclic amines) is 1. The first kappa shape index (κ1) is 20.8. The van der Waals surface area contributed by atoms with Crippen LogP contribution in [0.2, 0.25) is 0 Å². The molecule has 174 valence electrons. The van der Waals surface area contributed by atoms with Crippen LogP contribution in [0.25, 0.3) is 0 Å². The van der Waals surface area contributed by atoms with Gasteiger partial charge in [-0.15, -0.1) is 0 Å². The summed E-state index contributed by atoms with van der Waals surface area (Å²) in [7, 11) is 3.50. The lowest BCUT2D eigenvalue weighted by Crippen LogP contribution is -2.84. The first-order chi connectivity index (χ1) is 14.6. The van der Waals surface area contributed by atoms with Crippen molar-refractivity contribution < 1.29 is 29.2 Å². The Hall–Kier alpha value is -0.730. The Labute approximate surface area is 184 Å². The van der Waals surface area contributed by atoms with Crippen molar-refractivity contribution in [1.82, 2.24) is 4.90 Å². The van der Waals surface area contributed by atoms with E-state index in [0.717, 1.165) is 25.9 Å². The van der Waals surface area contributed by atoms with Crippen LogP contribution in [0.5, 0.6) is 0 Å². The summed E-state index contributed by atoms with van der Waals surface area (Å²) in [5, 5.41) is 24.9. The zero-order valence-electron chi connectivity index (χ0n) is 19.4. The number of aliphatic hydroxyl groups is 2. The molecule has 11 atom stereocenters. The van der Waals surface area contributed by atoms with E-state index in [1.54, 1.807) is 14.2 Å². The van der Waals surface area contributed by atoms with Gasteiger partial charge in [-0.2, -0.15) is 0 Å². The molecule has 7 aliphatic rings. The molecule has 31 heavy (non-hydrogen) atoms. The number of hydrogen-bond acceptors (Lipinski definition) is 7. The van der Waals surface area contributed by atoms with E-state index in [2.05, 4.69) is 25.7 Å². The molecule has 3 heterocycles. The minimum absolute atomic E-state index is 0.0294. The van der Waals surface area contributed by atoms with E-state index in [1.165, 1.54) is 0 Å². The maximum Gasteiger partial charge on any atom is 0.341 e. The third kappa shape index (κ3) is 1.79. The Balaban J connectivity index is 1.75. The number of methoxy groups -OCH3 is 2. The topological polar surface area (TPSA) is 88.5 Å². The van der Waals surface area contributed by atoms with Gasteiger partial charge in [-0.05, 0) is 44.1 Å². The van der Waals surface area contributed by atoms with Crippen molar-refractivity contribution in [2.75, 3.05) is 27.3 Å². The van der Waals surface area contributed by atoms with E-state index in [0.29, 0.717) is 19.3 Å². The lowest BCUT2D eigenvalue weighted by Gasteiger charge is -2.72. The summed E-state index contributed by atoms with van der Waals surface area (Å²) < 4.78 is 18.3. The molecule has 2 unspecified atom stereocenters. The van der Waals surface area contributed by atoms with Gasteiger partial charge in [0.2, 0.25) is 0 Å². The van der Waals surface area contributed by atoms with Crippen molar-refractivity contribution in [3.05, 3.63) is 0 Å². The number of nitrogens with zero attached hydrogens (tertiary/aromatic N) is 1. The van der Waals surface area contributed by atoms with Crippen LogP contribution in [0.15, 0.2) is 0 Å². The van der Waals surface area contributed by atoms with Gasteiger partial charge in [0.1, 0.15) is 11.7 Å². The van der Waals surface area contributed by atoms with Crippen LogP contribution < -0.4 is 0 Å². The van der Waals surface area contributed by atoms with Crippen molar-refractivity contribution in [3.8, 4) is 0 Å². The van der Waals surface area contributed by atoms with Gasteiger partial charge in [0.15, 0.2) is 5.60 Å². The molecule has 0 aromatic heterocycles. The molecule has 4 aliphatic carbocycles. The molecule has 1 spiro atoms. The number of esters is 1. The van der Waals surface area contributed by atoms with Crippen LogP contribution in [0.1, 0.15) is 52.9 Å². The molecule has 7 nitrogen and oxygen atoms in total. The fourth-order valence-corrected chi connectivity index (χ4v) is 10.5. The smallest absolute Gasteiger partial charge is 0.341 e. The van der Waals surface area contributed by atoms with E-state index in [1.807, 2.05) is 0 Å². The molecule has 4 saturated carbocycles. The normalized spacial score (nSPS) is 61.8. The second kappa shape index (κ2) is 5.84. The second-order valence-electron chi connectivity index (χ2n) is 11.8. The molecule has 7 rings (SSSR count). The highest BCUT2D eigenvalue weighted by Gasteiger charge is 2.92. The Kier molecular flexibility index (Phi) is 3.93. The van der Waals surface area contributed by atoms with Gasteiger partial charge < -0.3 is 24.4 Å². The summed E-state index contributed by atoms with van der Waals surface area (Å²) in [6, 6.07) is -0.0294. The molecule has 0 aromatic rings. The zero-order valence-corrected chi connectivity index (χ0v) is 19.4. The molecular weight excluding hydrogens is 398 g/mol. The van der Waals surface area contributed by atoms with E-state index in [9.17, 15) is 15.0 Å². The Bertz CT molecular complexity index is 837. The Morgan fingerprint density at radius 1 is 1.16 bits per heavy atom. The Morgan fingerprint density at radius 2 is 1.90 bits per heavy atom. The SMILES string of the molecule is CCN1C[C@]2(C)CC[C@H](OC)[C@]34C1[C@@](C)([C@@H](OC)[C@H]23)[C@@]1(O)CC[C@H]2C[C@@H]4C1(O)C(=O)O2. The molecule has 2 N–H and O–H groups in total. The van der Waals surface area contributed by atoms with E-state index in [-0.39, 0.29) is 35.7 Å². The molecule has 3 saturated heterocycles. The fraction of sp³-hybridized carbons (Fsp3) is 0.958. The average molecular weight is 436 g/mol. The van der Waals surface area contributed by atoms with E-state index < -0.39 is 33.9 Å². The van der Waals surface area contributed by atoms with Crippen molar-refractivity contribution in [3.63, 3.8) is 0 Å². The van der Waals surface area contributed by atoms with Gasteiger partial charge in [-0.25, -0.2) is 4.79 Å². The van der Waals surface area contributed by atoms with Gasteiger partial charge in [-0.3, -0.25) is 4.90 Å². The maximum absolute atomic E-state index is 13.4. The molecule has 9 bridgehead atoms. The quantitative estimate of drug-likeness (QED) is 0.647. The third-order valence-corrected chi connectivity index (χ3v) is 11.2. The van der Waals surface area contributed by atoms with Crippen LogP contribution in [0.4, 0.5) is 0 Å². The highest BCUT2D eigenvalue weighted by Crippen LogP contribution is 2.81. The van der Waals surface area contributed by atoms with Crippen LogP contribution >= 0.6 is 0 Å². The predicted octanol–water partition coefficient (Wildman–Crippen LogP) is 1.34. The summed E-state index contributed by atoms with van der Waals surface area (Å²) in [5.41, 5.74) is -4.90. The lowest BCUT2D eigenvalue weighted by molar-refractivity contribution is -0.332. The predicted molar refractivity (Wildman–Crippen MR) is 111 cm³/mol. The number of piperidine rings is 1. The van der Waals surface area contributed by atoms with E-state index in [4.69, 9.17) is 14.2 Å². The molecule has 0 amide bonds. The fourth-order valence-electron chi connectivity index (χ4n) is 10.5. The first-order valence-corrected chi connectivity index (χ1v) is 12.1. The van der Waals surface area contributed by atoms with Gasteiger partial charge in [-0.1, -0.05) is 20.8 Å². The number of hydrogen-bond donors (Lipinski definition) is 2. The number of carbonyl (C=O) groups excluding carboxylic acids is 1. The number of ether oxygens (including phenoxy) is 3. The first-order valence-electron chi connectivity index (χ1n) is 12.1. The minimum Gasteiger partial charge on any atom is -0.460 e. The largest absolute Gasteiger partial charge is 0.460 e. The van der Waals surface area contributed by atoms with Gasteiger partial charge in [0.25, 0.3) is 0 Å². The molecule has 7 fully saturated rings. The van der Waals surface area contributed by atoms with Crippen molar-refractivity contribution >= 4 is 5.97 Å². The summed E-state index contributed by atoms with van der Waals surface area (Å²) in [4.78, 5) is 16.0. The average Bonchev–Trinajstić information content (AvgIpc) is 2.76. The van der Waals surface area contributed by atoms with Gasteiger partial charge in [0.05, 0.1) is 12.2 Å². The molecule has 0 aromatic carbocycles. The van der Waals surface area contributed by atoms with Crippen LogP contribution in [0.3, 0.4) is 0 Å². The number of fused-ring (bicyclic) bond motifs is 2. The minimum atomic E-state index is -1.94. The van der Waals surface area contributed by atoms with Crippen LogP contribution in [0, 0.1) is 28.1 Å². The van der Waals surface area contributed by atoms with Gasteiger partial charge >= 0.3 is 5.97 Å². The summed E-state index contributed by atoms with van der Waals surface area (Å²) in [6.45, 7) is 8.41. The maximum atomic E-state index is 13.4. The molecule has 3 aliphatic heterocycles. The van der Waals surface area contributed by atoms with E-state index >= 15 is 0 Å². The monoisotopic (exact) mass is 435 g/mol. The van der Waals surface area contributed by atoms with Crippen molar-refractivity contribution in [1.29, 1.82) is 0 Å². The van der Waals surface area contributed by atoms with Crippen LogP contribution in [-0.4, -0.2) is 83.9 Å². The number of carbonyl (C=O) groups is 1. The van der Waals surface area contributed by atoms with Crippen LogP contribution in [-0.2, 0) is 19.0 Å². The van der Waals surface area contributed by atoms with Crippen molar-refractivity contribution in [2.24, 2.45) is 28.1 Å². The second-order valence-corrected chi connectivity index (χ2v) is 11.8. The standard InChI is InChI=1S/C24H37NO6/c1-6-25-12-20(2)9-8-15(29-4)23-14-11-13-7-10-22(27,24(14,28)19(26)31-13)21(3,18(23)25)17(30-5)16(20)23/h13-18,27-28H,6-12H2,1-5H3/t13-,14-,15-,16+,17-,18?,20-,21+,22-,23-,24?/m0/s1. The molecule has 7 heteroatoms. The number of rotatable bonds is 3. The molecular formula is C24H37NO6. The summed E-state index contributed by atoms with van der Waals surface area (Å²) >= 11 is 0. The molecule has 0 radical (unpaired) electrons. The summed E-state index contributed by atoms with van der Waals surface area (Å²) in [6.07, 6.45) is 2.77. The van der Waals surface area contributed by atoms with Crippen molar-refractivity contribution in [2.45, 2.75) is 88.4 Å². The zero-order chi connectivity index (χ0) is 22.2. The van der Waals surface area contributed by atoms with Gasteiger partial charge in [0, 0.05) is 49.5 Å². The lowest BCUT2D eigenvalue weighted by atomic mass is 9.39.